The van der Waals surface area contributed by atoms with Gasteiger partial charge in [0.1, 0.15) is 18.3 Å². The number of nitrogens with one attached hydrogen (secondary N) is 3. The molecule has 0 aromatic heterocycles. The molecule has 3 heterocycles. The monoisotopic (exact) mass is 453 g/mol. The molecule has 176 valence electrons. The number of carbonyl (C=O) groups excluding carboxylic acids is 2. The molecule has 1 unspecified atom stereocenters. The quantitative estimate of drug-likeness (QED) is 0.434. The van der Waals surface area contributed by atoms with Crippen molar-refractivity contribution in [2.45, 2.75) is 70.0 Å². The Hall–Kier alpha value is -2.16. The van der Waals surface area contributed by atoms with Gasteiger partial charge in [-0.1, -0.05) is 6.07 Å². The summed E-state index contributed by atoms with van der Waals surface area (Å²) in [4.78, 5) is 25.1. The Morgan fingerprint density at radius 1 is 1.06 bits per heavy atom. The second-order valence-electron chi connectivity index (χ2n) is 8.74. The fourth-order valence-electron chi connectivity index (χ4n) is 4.03. The molecule has 1 aromatic rings. The zero-order chi connectivity index (χ0) is 23.3. The minimum Gasteiger partial charge on any atom is -0.595 e. The SMILES string of the molecule is CC1(C)O[C@@H]2[C@@H](O1)[C@@H](C(=O)NCC(=O)Nc1cccc([NH+]([O-])O)c1)O[C@H]1OC(C)(C)O[C@@H]12. The molecule has 6 atom stereocenters. The minimum absolute atomic E-state index is 0.0331. The van der Waals surface area contributed by atoms with E-state index in [9.17, 15) is 14.8 Å². The van der Waals surface area contributed by atoms with Crippen molar-refractivity contribution in [2.24, 2.45) is 0 Å². The maximum Gasteiger partial charge on any atom is 0.252 e. The standard InChI is InChI=1S/C20H27N3O9/c1-19(2)29-13-14(30-19)16-18(32-20(3,4)31-16)28-15(13)17(25)21-9-12(24)22-10-6-5-7-11(8-10)23(26)27/h5-8,13-16,18,23,26H,9H2,1-4H3,(H,21,25)(H,22,24)/t13-,14-,15+,16-,18+/m1/s1. The first-order valence-corrected chi connectivity index (χ1v) is 10.2. The zero-order valence-electron chi connectivity index (χ0n) is 18.1. The number of hydrogen-bond acceptors (Lipinski definition) is 9. The first kappa shape index (κ1) is 23.0. The van der Waals surface area contributed by atoms with E-state index in [1.807, 2.05) is 0 Å². The van der Waals surface area contributed by atoms with Gasteiger partial charge < -0.3 is 39.5 Å². The highest BCUT2D eigenvalue weighted by Crippen LogP contribution is 2.44. The van der Waals surface area contributed by atoms with Crippen molar-refractivity contribution in [1.82, 2.24) is 5.32 Å². The molecule has 4 N–H and O–H groups in total. The van der Waals surface area contributed by atoms with Gasteiger partial charge in [-0.3, -0.25) is 9.59 Å². The van der Waals surface area contributed by atoms with Crippen LogP contribution in [-0.4, -0.2) is 65.8 Å². The van der Waals surface area contributed by atoms with Crippen LogP contribution in [0.15, 0.2) is 24.3 Å². The number of benzene rings is 1. The number of carbonyl (C=O) groups is 2. The van der Waals surface area contributed by atoms with Crippen molar-refractivity contribution in [3.8, 4) is 0 Å². The van der Waals surface area contributed by atoms with Crippen LogP contribution in [0.1, 0.15) is 27.7 Å². The molecule has 3 aliphatic heterocycles. The number of quaternary nitrogens is 1. The van der Waals surface area contributed by atoms with Crippen LogP contribution in [0.25, 0.3) is 0 Å². The van der Waals surface area contributed by atoms with Crippen LogP contribution >= 0.6 is 0 Å². The van der Waals surface area contributed by atoms with E-state index in [0.717, 1.165) is 0 Å². The van der Waals surface area contributed by atoms with Crippen LogP contribution < -0.4 is 15.9 Å². The number of hydrogen-bond donors (Lipinski definition) is 4. The van der Waals surface area contributed by atoms with E-state index >= 15 is 0 Å². The van der Waals surface area contributed by atoms with Crippen LogP contribution in [0.4, 0.5) is 11.4 Å². The van der Waals surface area contributed by atoms with E-state index in [-0.39, 0.29) is 12.2 Å². The van der Waals surface area contributed by atoms with Crippen LogP contribution in [0.5, 0.6) is 0 Å². The van der Waals surface area contributed by atoms with Crippen LogP contribution in [0.2, 0.25) is 0 Å². The van der Waals surface area contributed by atoms with Crippen LogP contribution in [-0.2, 0) is 33.3 Å². The van der Waals surface area contributed by atoms with Crippen molar-refractivity contribution in [3.05, 3.63) is 29.5 Å². The van der Waals surface area contributed by atoms with Gasteiger partial charge in [0.15, 0.2) is 29.7 Å². The molecule has 32 heavy (non-hydrogen) atoms. The third-order valence-electron chi connectivity index (χ3n) is 5.23. The predicted molar refractivity (Wildman–Crippen MR) is 106 cm³/mol. The second-order valence-corrected chi connectivity index (χ2v) is 8.74. The zero-order valence-corrected chi connectivity index (χ0v) is 18.1. The molecule has 12 nitrogen and oxygen atoms in total. The predicted octanol–water partition coefficient (Wildman–Crippen LogP) is -0.459. The summed E-state index contributed by atoms with van der Waals surface area (Å²) < 4.78 is 29.4. The molecule has 4 rings (SSSR count). The Balaban J connectivity index is 1.39. The fourth-order valence-corrected chi connectivity index (χ4v) is 4.03. The van der Waals surface area contributed by atoms with Gasteiger partial charge in [0.05, 0.1) is 6.54 Å². The van der Waals surface area contributed by atoms with Crippen molar-refractivity contribution in [2.75, 3.05) is 11.9 Å². The van der Waals surface area contributed by atoms with E-state index in [2.05, 4.69) is 10.6 Å². The van der Waals surface area contributed by atoms with Gasteiger partial charge in [-0.2, -0.15) is 5.23 Å². The normalized spacial score (nSPS) is 33.1. The Kier molecular flexibility index (Phi) is 5.98. The van der Waals surface area contributed by atoms with Gasteiger partial charge in [-0.15, -0.1) is 0 Å². The molecule has 2 amide bonds. The second kappa shape index (κ2) is 8.32. The van der Waals surface area contributed by atoms with Gasteiger partial charge in [-0.05, 0) is 33.8 Å². The van der Waals surface area contributed by atoms with E-state index in [0.29, 0.717) is 5.69 Å². The number of amides is 2. The smallest absolute Gasteiger partial charge is 0.252 e. The molecule has 3 fully saturated rings. The maximum atomic E-state index is 12.9. The summed E-state index contributed by atoms with van der Waals surface area (Å²) in [5, 5.41) is 24.1. The van der Waals surface area contributed by atoms with Crippen molar-refractivity contribution >= 4 is 23.2 Å². The van der Waals surface area contributed by atoms with Gasteiger partial charge in [0.2, 0.25) is 5.91 Å². The number of rotatable bonds is 5. The highest BCUT2D eigenvalue weighted by molar-refractivity contribution is 5.95. The Morgan fingerprint density at radius 2 is 1.72 bits per heavy atom. The maximum absolute atomic E-state index is 12.9. The number of anilines is 1. The lowest BCUT2D eigenvalue weighted by Crippen LogP contribution is -2.99. The molecule has 0 aliphatic carbocycles. The van der Waals surface area contributed by atoms with Gasteiger partial charge in [0.25, 0.3) is 5.91 Å². The third-order valence-corrected chi connectivity index (χ3v) is 5.23. The van der Waals surface area contributed by atoms with Gasteiger partial charge in [0, 0.05) is 17.8 Å². The molecule has 3 saturated heterocycles. The highest BCUT2D eigenvalue weighted by atomic mass is 16.9. The van der Waals surface area contributed by atoms with Crippen molar-refractivity contribution in [3.63, 3.8) is 0 Å². The van der Waals surface area contributed by atoms with Crippen molar-refractivity contribution in [1.29, 1.82) is 0 Å². The first-order valence-electron chi connectivity index (χ1n) is 10.2. The molecular weight excluding hydrogens is 426 g/mol. The van der Waals surface area contributed by atoms with Crippen molar-refractivity contribution < 1.29 is 43.7 Å². The molecule has 0 bridgehead atoms. The first-order chi connectivity index (χ1) is 14.9. The lowest BCUT2D eigenvalue weighted by atomic mass is 9.98. The van der Waals surface area contributed by atoms with Gasteiger partial charge >= 0.3 is 0 Å². The minimum atomic E-state index is -1.11. The highest BCUT2D eigenvalue weighted by Gasteiger charge is 2.62. The van der Waals surface area contributed by atoms with E-state index in [1.54, 1.807) is 33.8 Å². The Labute approximate surface area is 184 Å². The summed E-state index contributed by atoms with van der Waals surface area (Å²) in [6, 6.07) is 5.79. The lowest BCUT2D eigenvalue weighted by Gasteiger charge is -2.36. The Bertz CT molecular complexity index is 891. The van der Waals surface area contributed by atoms with Gasteiger partial charge in [-0.25, -0.2) is 5.21 Å². The lowest BCUT2D eigenvalue weighted by molar-refractivity contribution is -0.991. The molecule has 0 saturated carbocycles. The molecule has 12 heteroatoms. The summed E-state index contributed by atoms with van der Waals surface area (Å²) in [7, 11) is 0. The topological polar surface area (TPSA) is 152 Å². The van der Waals surface area contributed by atoms with E-state index in [4.69, 9.17) is 28.9 Å². The summed E-state index contributed by atoms with van der Waals surface area (Å²) >= 11 is 0. The van der Waals surface area contributed by atoms with E-state index < -0.39 is 59.3 Å². The van der Waals surface area contributed by atoms with Crippen LogP contribution in [0.3, 0.4) is 0 Å². The van der Waals surface area contributed by atoms with E-state index in [1.165, 1.54) is 18.2 Å². The molecule has 1 aromatic carbocycles. The number of fused-ring (bicyclic) bond motifs is 3. The molecule has 0 radical (unpaired) electrons. The fraction of sp³-hybridized carbons (Fsp3) is 0.600. The molecule has 0 spiro atoms. The summed E-state index contributed by atoms with van der Waals surface area (Å²) in [5.41, 5.74) is 0.333. The largest absolute Gasteiger partial charge is 0.595 e. The molecule has 3 aliphatic rings. The summed E-state index contributed by atoms with van der Waals surface area (Å²) in [5.74, 6) is -2.96. The van der Waals surface area contributed by atoms with Crippen LogP contribution in [0, 0.1) is 5.21 Å². The number of ether oxygens (including phenoxy) is 5. The summed E-state index contributed by atoms with van der Waals surface area (Å²) in [6.45, 7) is 6.59. The third kappa shape index (κ3) is 4.77. The summed E-state index contributed by atoms with van der Waals surface area (Å²) in [6.07, 6.45) is -3.81. The molecular formula is C20H27N3O9. The average Bonchev–Trinajstić information content (AvgIpc) is 3.19. The Morgan fingerprint density at radius 3 is 2.44 bits per heavy atom. The average molecular weight is 453 g/mol.